The maximum atomic E-state index is 12.0. The summed E-state index contributed by atoms with van der Waals surface area (Å²) in [6, 6.07) is 9.41. The Morgan fingerprint density at radius 1 is 1.42 bits per heavy atom. The molecule has 1 aromatic rings. The van der Waals surface area contributed by atoms with E-state index in [1.807, 2.05) is 30.3 Å². The van der Waals surface area contributed by atoms with Crippen LogP contribution in [0.5, 0.6) is 0 Å². The largest absolute Gasteiger partial charge is 0.445 e. The maximum absolute atomic E-state index is 12.0. The molecule has 1 N–H and O–H groups in total. The Kier molecular flexibility index (Phi) is 4.76. The van der Waals surface area contributed by atoms with Crippen LogP contribution >= 0.6 is 0 Å². The van der Waals surface area contributed by atoms with Gasteiger partial charge in [0, 0.05) is 7.11 Å². The summed E-state index contributed by atoms with van der Waals surface area (Å²) in [5, 5.41) is 9.63. The predicted octanol–water partition coefficient (Wildman–Crippen LogP) is 1.40. The SMILES string of the molecule is COC[C@H]1C[C@H](O)CN1C(=O)OCc1ccccc1. The lowest BCUT2D eigenvalue weighted by atomic mass is 10.2. The highest BCUT2D eigenvalue weighted by atomic mass is 16.6. The van der Waals surface area contributed by atoms with E-state index in [2.05, 4.69) is 0 Å². The molecular formula is C14H19NO4. The fraction of sp³-hybridized carbons (Fsp3) is 0.500. The van der Waals surface area contributed by atoms with Crippen molar-refractivity contribution in [3.05, 3.63) is 35.9 Å². The Bertz CT molecular complexity index is 409. The van der Waals surface area contributed by atoms with Crippen molar-refractivity contribution in [3.8, 4) is 0 Å². The zero-order chi connectivity index (χ0) is 13.7. The molecule has 2 rings (SSSR count). The van der Waals surface area contributed by atoms with Crippen LogP contribution in [0.4, 0.5) is 4.79 Å². The number of carbonyl (C=O) groups is 1. The van der Waals surface area contributed by atoms with E-state index in [0.717, 1.165) is 5.56 Å². The molecule has 1 saturated heterocycles. The van der Waals surface area contributed by atoms with Crippen molar-refractivity contribution in [2.75, 3.05) is 20.3 Å². The molecule has 0 spiro atoms. The van der Waals surface area contributed by atoms with Crippen LogP contribution in [-0.4, -0.2) is 48.5 Å². The molecule has 1 fully saturated rings. The van der Waals surface area contributed by atoms with Crippen molar-refractivity contribution in [1.82, 2.24) is 4.90 Å². The van der Waals surface area contributed by atoms with Crippen molar-refractivity contribution in [1.29, 1.82) is 0 Å². The zero-order valence-corrected chi connectivity index (χ0v) is 11.0. The first-order valence-corrected chi connectivity index (χ1v) is 6.35. The lowest BCUT2D eigenvalue weighted by Gasteiger charge is -2.23. The third kappa shape index (κ3) is 3.68. The summed E-state index contributed by atoms with van der Waals surface area (Å²) < 4.78 is 10.3. The Labute approximate surface area is 112 Å². The molecule has 1 aliphatic heterocycles. The highest BCUT2D eigenvalue weighted by Crippen LogP contribution is 2.19. The predicted molar refractivity (Wildman–Crippen MR) is 69.6 cm³/mol. The molecule has 1 amide bonds. The van der Waals surface area contributed by atoms with Gasteiger partial charge in [-0.2, -0.15) is 0 Å². The van der Waals surface area contributed by atoms with Crippen molar-refractivity contribution in [2.24, 2.45) is 0 Å². The van der Waals surface area contributed by atoms with Crippen molar-refractivity contribution in [3.63, 3.8) is 0 Å². The molecule has 0 saturated carbocycles. The number of hydrogen-bond acceptors (Lipinski definition) is 4. The molecule has 5 heteroatoms. The average molecular weight is 265 g/mol. The summed E-state index contributed by atoms with van der Waals surface area (Å²) in [6.07, 6.45) is -0.360. The topological polar surface area (TPSA) is 59.0 Å². The highest BCUT2D eigenvalue weighted by molar-refractivity contribution is 5.68. The molecule has 19 heavy (non-hydrogen) atoms. The van der Waals surface area contributed by atoms with Crippen LogP contribution < -0.4 is 0 Å². The molecule has 0 radical (unpaired) electrons. The summed E-state index contributed by atoms with van der Waals surface area (Å²) in [5.41, 5.74) is 0.943. The smallest absolute Gasteiger partial charge is 0.410 e. The summed E-state index contributed by atoms with van der Waals surface area (Å²) >= 11 is 0. The number of aliphatic hydroxyl groups is 1. The molecular weight excluding hydrogens is 246 g/mol. The van der Waals surface area contributed by atoms with E-state index < -0.39 is 12.2 Å². The molecule has 0 aliphatic carbocycles. The van der Waals surface area contributed by atoms with Crippen LogP contribution in [0.25, 0.3) is 0 Å². The van der Waals surface area contributed by atoms with Gasteiger partial charge in [0.25, 0.3) is 0 Å². The van der Waals surface area contributed by atoms with Crippen LogP contribution in [0, 0.1) is 0 Å². The number of ether oxygens (including phenoxy) is 2. The van der Waals surface area contributed by atoms with E-state index in [1.165, 1.54) is 4.90 Å². The number of hydrogen-bond donors (Lipinski definition) is 1. The van der Waals surface area contributed by atoms with E-state index in [4.69, 9.17) is 9.47 Å². The van der Waals surface area contributed by atoms with E-state index in [-0.39, 0.29) is 12.6 Å². The third-order valence-electron chi connectivity index (χ3n) is 3.19. The van der Waals surface area contributed by atoms with Crippen molar-refractivity contribution >= 4 is 6.09 Å². The molecule has 2 atom stereocenters. The lowest BCUT2D eigenvalue weighted by Crippen LogP contribution is -2.38. The number of rotatable bonds is 4. The Hall–Kier alpha value is -1.59. The van der Waals surface area contributed by atoms with E-state index in [0.29, 0.717) is 19.6 Å². The summed E-state index contributed by atoms with van der Waals surface area (Å²) in [7, 11) is 1.58. The second-order valence-electron chi connectivity index (χ2n) is 4.69. The lowest BCUT2D eigenvalue weighted by molar-refractivity contribution is 0.0688. The van der Waals surface area contributed by atoms with Gasteiger partial charge in [0.05, 0.1) is 25.3 Å². The van der Waals surface area contributed by atoms with Gasteiger partial charge in [-0.15, -0.1) is 0 Å². The molecule has 104 valence electrons. The average Bonchev–Trinajstić information content (AvgIpc) is 2.79. The number of carbonyl (C=O) groups excluding carboxylic acids is 1. The van der Waals surface area contributed by atoms with Crippen LogP contribution in [-0.2, 0) is 16.1 Å². The zero-order valence-electron chi connectivity index (χ0n) is 11.0. The Morgan fingerprint density at radius 2 is 2.16 bits per heavy atom. The van der Waals surface area contributed by atoms with Crippen LogP contribution in [0.2, 0.25) is 0 Å². The minimum atomic E-state index is -0.496. The first-order chi connectivity index (χ1) is 9.20. The number of benzene rings is 1. The molecule has 1 aromatic carbocycles. The Balaban J connectivity index is 1.88. The normalized spacial score (nSPS) is 22.5. The first-order valence-electron chi connectivity index (χ1n) is 6.35. The minimum Gasteiger partial charge on any atom is -0.445 e. The van der Waals surface area contributed by atoms with Gasteiger partial charge >= 0.3 is 6.09 Å². The number of β-amino-alcohol motifs (C(OH)–C–C–N with tert-alkyl or cyclic N) is 1. The molecule has 1 heterocycles. The maximum Gasteiger partial charge on any atom is 0.410 e. The van der Waals surface area contributed by atoms with Crippen LogP contribution in [0.3, 0.4) is 0 Å². The van der Waals surface area contributed by atoms with Crippen molar-refractivity contribution < 1.29 is 19.4 Å². The van der Waals surface area contributed by atoms with Gasteiger partial charge in [-0.3, -0.25) is 0 Å². The minimum absolute atomic E-state index is 0.108. The second kappa shape index (κ2) is 6.54. The second-order valence-corrected chi connectivity index (χ2v) is 4.69. The quantitative estimate of drug-likeness (QED) is 0.894. The van der Waals surface area contributed by atoms with Gasteiger partial charge in [0.15, 0.2) is 0 Å². The summed E-state index contributed by atoms with van der Waals surface area (Å²) in [6.45, 7) is 0.963. The fourth-order valence-corrected chi connectivity index (χ4v) is 2.27. The van der Waals surface area contributed by atoms with E-state index in [9.17, 15) is 9.90 Å². The van der Waals surface area contributed by atoms with Gasteiger partial charge < -0.3 is 19.5 Å². The monoisotopic (exact) mass is 265 g/mol. The number of methoxy groups -OCH3 is 1. The standard InChI is InChI=1S/C14H19NO4/c1-18-10-12-7-13(16)8-15(12)14(17)19-9-11-5-3-2-4-6-11/h2-6,12-13,16H,7-10H2,1H3/t12-,13+/m1/s1. The van der Waals surface area contributed by atoms with Gasteiger partial charge in [0.2, 0.25) is 0 Å². The first kappa shape index (κ1) is 13.8. The van der Waals surface area contributed by atoms with Gasteiger partial charge in [-0.1, -0.05) is 30.3 Å². The Morgan fingerprint density at radius 3 is 2.84 bits per heavy atom. The van der Waals surface area contributed by atoms with Crippen LogP contribution in [0.15, 0.2) is 30.3 Å². The summed E-state index contributed by atoms with van der Waals surface area (Å²) in [4.78, 5) is 13.5. The van der Waals surface area contributed by atoms with Crippen molar-refractivity contribution in [2.45, 2.75) is 25.2 Å². The molecule has 1 aliphatic rings. The number of amides is 1. The molecule has 0 aromatic heterocycles. The van der Waals surface area contributed by atoms with E-state index in [1.54, 1.807) is 7.11 Å². The fourth-order valence-electron chi connectivity index (χ4n) is 2.27. The number of nitrogens with zero attached hydrogens (tertiary/aromatic N) is 1. The van der Waals surface area contributed by atoms with Gasteiger partial charge in [0.1, 0.15) is 6.61 Å². The molecule has 5 nitrogen and oxygen atoms in total. The van der Waals surface area contributed by atoms with E-state index >= 15 is 0 Å². The third-order valence-corrected chi connectivity index (χ3v) is 3.19. The van der Waals surface area contributed by atoms with Gasteiger partial charge in [-0.25, -0.2) is 4.79 Å². The number of aliphatic hydroxyl groups excluding tert-OH is 1. The summed E-state index contributed by atoms with van der Waals surface area (Å²) in [5.74, 6) is 0. The van der Waals surface area contributed by atoms with Gasteiger partial charge in [-0.05, 0) is 12.0 Å². The number of likely N-dealkylation sites (tertiary alicyclic amines) is 1. The molecule has 0 unspecified atom stereocenters. The highest BCUT2D eigenvalue weighted by Gasteiger charge is 2.35. The van der Waals surface area contributed by atoms with Crippen LogP contribution in [0.1, 0.15) is 12.0 Å². The molecule has 0 bridgehead atoms.